The van der Waals surface area contributed by atoms with Crippen LogP contribution >= 0.6 is 0 Å². The van der Waals surface area contributed by atoms with Crippen molar-refractivity contribution in [1.82, 2.24) is 10.8 Å². The Kier molecular flexibility index (Phi) is 6.81. The maximum absolute atomic E-state index is 13.7. The molecule has 1 aromatic rings. The van der Waals surface area contributed by atoms with Crippen molar-refractivity contribution in [3.63, 3.8) is 0 Å². The van der Waals surface area contributed by atoms with Gasteiger partial charge in [0, 0.05) is 7.11 Å². The average Bonchev–Trinajstić information content (AvgIpc) is 3.20. The van der Waals surface area contributed by atoms with Crippen molar-refractivity contribution in [3.05, 3.63) is 24.3 Å². The Balaban J connectivity index is 1.52. The fraction of sp³-hybridized carbons (Fsp3) is 0.696. The Hall–Kier alpha value is -1.68. The molecule has 178 valence electrons. The summed E-state index contributed by atoms with van der Waals surface area (Å²) in [4.78, 5) is 12.9. The molecule has 0 radical (unpaired) electrons. The number of benzene rings is 1. The number of hydroxylamine groups is 1. The highest BCUT2D eigenvalue weighted by atomic mass is 32.2. The predicted molar refractivity (Wildman–Crippen MR) is 118 cm³/mol. The van der Waals surface area contributed by atoms with Crippen LogP contribution < -0.4 is 15.5 Å². The van der Waals surface area contributed by atoms with Gasteiger partial charge in [0.15, 0.2) is 14.6 Å². The molecule has 2 saturated carbocycles. The van der Waals surface area contributed by atoms with Crippen LogP contribution in [0.2, 0.25) is 0 Å². The van der Waals surface area contributed by atoms with Gasteiger partial charge in [0.05, 0.1) is 17.1 Å². The number of hydrogen-bond acceptors (Lipinski definition) is 7. The highest BCUT2D eigenvalue weighted by molar-refractivity contribution is 7.93. The van der Waals surface area contributed by atoms with E-state index in [-0.39, 0.29) is 35.4 Å². The number of amides is 1. The fourth-order valence-electron chi connectivity index (χ4n) is 5.78. The van der Waals surface area contributed by atoms with Crippen molar-refractivity contribution >= 4 is 15.7 Å². The summed E-state index contributed by atoms with van der Waals surface area (Å²) in [6.45, 7) is 1.63. The molecule has 1 spiro atoms. The van der Waals surface area contributed by atoms with Crippen molar-refractivity contribution in [3.8, 4) is 5.75 Å². The van der Waals surface area contributed by atoms with E-state index in [2.05, 4.69) is 5.32 Å². The Morgan fingerprint density at radius 2 is 1.66 bits per heavy atom. The van der Waals surface area contributed by atoms with E-state index in [0.29, 0.717) is 12.2 Å². The number of piperidine rings is 1. The van der Waals surface area contributed by atoms with Crippen molar-refractivity contribution in [2.75, 3.05) is 20.2 Å². The molecule has 1 saturated heterocycles. The van der Waals surface area contributed by atoms with Gasteiger partial charge in [0.1, 0.15) is 5.75 Å². The topological polar surface area (TPSA) is 114 Å². The van der Waals surface area contributed by atoms with E-state index in [4.69, 9.17) is 9.47 Å². The number of carbonyl (C=O) groups is 1. The predicted octanol–water partition coefficient (Wildman–Crippen LogP) is 2.59. The molecule has 4 rings (SSSR count). The zero-order valence-corrected chi connectivity index (χ0v) is 19.5. The Labute approximate surface area is 189 Å². The van der Waals surface area contributed by atoms with Gasteiger partial charge in [-0.05, 0) is 101 Å². The van der Waals surface area contributed by atoms with E-state index in [0.717, 1.165) is 51.6 Å². The SMILES string of the molecule is COC1CCC(Oc2ccc(S(=O)(=O)C3(C(=O)NO)CCC4(CCNCC4)C3)cc2)CC1. The lowest BCUT2D eigenvalue weighted by molar-refractivity contribution is -0.132. The van der Waals surface area contributed by atoms with Crippen LogP contribution in [0.15, 0.2) is 29.2 Å². The second kappa shape index (κ2) is 9.29. The molecule has 0 aromatic heterocycles. The molecule has 0 bridgehead atoms. The number of methoxy groups -OCH3 is 1. The molecule has 1 amide bonds. The van der Waals surface area contributed by atoms with E-state index in [9.17, 15) is 18.4 Å². The summed E-state index contributed by atoms with van der Waals surface area (Å²) in [5.41, 5.74) is 1.47. The van der Waals surface area contributed by atoms with Crippen LogP contribution in [0.5, 0.6) is 5.75 Å². The third-order valence-corrected chi connectivity index (χ3v) is 10.3. The molecule has 3 fully saturated rings. The molecular formula is C23H34N2O6S. The molecule has 1 unspecified atom stereocenters. The van der Waals surface area contributed by atoms with Crippen LogP contribution in [0, 0.1) is 5.41 Å². The van der Waals surface area contributed by atoms with Crippen LogP contribution in [-0.4, -0.2) is 56.7 Å². The monoisotopic (exact) mass is 466 g/mol. The van der Waals surface area contributed by atoms with Gasteiger partial charge in [-0.1, -0.05) is 0 Å². The number of hydrogen-bond donors (Lipinski definition) is 3. The second-order valence-corrected chi connectivity index (χ2v) is 11.8. The maximum atomic E-state index is 13.7. The quantitative estimate of drug-likeness (QED) is 0.436. The highest BCUT2D eigenvalue weighted by Gasteiger charge is 2.60. The average molecular weight is 467 g/mol. The molecule has 2 aliphatic carbocycles. The number of rotatable bonds is 6. The summed E-state index contributed by atoms with van der Waals surface area (Å²) < 4.78 is 37.2. The third-order valence-electron chi connectivity index (χ3n) is 7.81. The van der Waals surface area contributed by atoms with Gasteiger partial charge >= 0.3 is 0 Å². The van der Waals surface area contributed by atoms with Crippen LogP contribution in [0.4, 0.5) is 0 Å². The molecule has 1 atom stereocenters. The van der Waals surface area contributed by atoms with Gasteiger partial charge in [0.25, 0.3) is 5.91 Å². The van der Waals surface area contributed by atoms with Crippen LogP contribution in [0.3, 0.4) is 0 Å². The van der Waals surface area contributed by atoms with E-state index < -0.39 is 20.5 Å². The van der Waals surface area contributed by atoms with Crippen molar-refractivity contribution in [2.45, 2.75) is 79.6 Å². The molecule has 9 heteroatoms. The minimum Gasteiger partial charge on any atom is -0.490 e. The zero-order chi connectivity index (χ0) is 22.8. The molecular weight excluding hydrogens is 432 g/mol. The standard InChI is InChI=1S/C23H34N2O6S/c1-30-17-2-4-18(5-3-17)31-19-6-8-20(9-7-19)32(28,29)23(21(26)25-27)11-10-22(16-23)12-14-24-15-13-22/h6-9,17-18,24,27H,2-5,10-16H2,1H3,(H,25,26). The summed E-state index contributed by atoms with van der Waals surface area (Å²) in [5, 5.41) is 12.7. The van der Waals surface area contributed by atoms with Crippen LogP contribution in [0.1, 0.15) is 57.8 Å². The highest BCUT2D eigenvalue weighted by Crippen LogP contribution is 2.54. The summed E-state index contributed by atoms with van der Waals surface area (Å²) in [6, 6.07) is 6.36. The summed E-state index contributed by atoms with van der Waals surface area (Å²) in [5.74, 6) is -0.213. The Morgan fingerprint density at radius 1 is 1.03 bits per heavy atom. The number of ether oxygens (including phenoxy) is 2. The van der Waals surface area contributed by atoms with Gasteiger partial charge in [-0.25, -0.2) is 13.9 Å². The van der Waals surface area contributed by atoms with Crippen LogP contribution in [0.25, 0.3) is 0 Å². The number of sulfone groups is 1. The first-order valence-corrected chi connectivity index (χ1v) is 13.0. The largest absolute Gasteiger partial charge is 0.490 e. The minimum atomic E-state index is -4.01. The Morgan fingerprint density at radius 3 is 2.25 bits per heavy atom. The Bertz CT molecular complexity index is 905. The van der Waals surface area contributed by atoms with Gasteiger partial charge < -0.3 is 14.8 Å². The molecule has 1 aromatic carbocycles. The summed E-state index contributed by atoms with van der Waals surface area (Å²) in [6.07, 6.45) is 6.84. The molecule has 8 nitrogen and oxygen atoms in total. The lowest BCUT2D eigenvalue weighted by atomic mass is 9.77. The van der Waals surface area contributed by atoms with Gasteiger partial charge in [0.2, 0.25) is 0 Å². The number of carbonyl (C=O) groups excluding carboxylic acids is 1. The third kappa shape index (κ3) is 4.27. The maximum Gasteiger partial charge on any atom is 0.265 e. The van der Waals surface area contributed by atoms with Crippen molar-refractivity contribution in [1.29, 1.82) is 0 Å². The van der Waals surface area contributed by atoms with E-state index in [1.165, 1.54) is 12.1 Å². The lowest BCUT2D eigenvalue weighted by Crippen LogP contribution is -2.51. The fourth-order valence-corrected chi connectivity index (χ4v) is 7.88. The van der Waals surface area contributed by atoms with Crippen molar-refractivity contribution < 1.29 is 27.9 Å². The molecule has 32 heavy (non-hydrogen) atoms. The lowest BCUT2D eigenvalue weighted by Gasteiger charge is -2.36. The normalized spacial score (nSPS) is 30.2. The summed E-state index contributed by atoms with van der Waals surface area (Å²) in [7, 11) is -2.28. The smallest absolute Gasteiger partial charge is 0.265 e. The van der Waals surface area contributed by atoms with E-state index >= 15 is 0 Å². The van der Waals surface area contributed by atoms with Crippen molar-refractivity contribution in [2.24, 2.45) is 5.41 Å². The van der Waals surface area contributed by atoms with Crippen LogP contribution in [-0.2, 0) is 19.4 Å². The van der Waals surface area contributed by atoms with Gasteiger partial charge in [-0.15, -0.1) is 0 Å². The first-order valence-electron chi connectivity index (χ1n) is 11.5. The molecule has 3 aliphatic rings. The first kappa shape index (κ1) is 23.5. The van der Waals surface area contributed by atoms with E-state index in [1.807, 2.05) is 0 Å². The summed E-state index contributed by atoms with van der Waals surface area (Å²) >= 11 is 0. The van der Waals surface area contributed by atoms with E-state index in [1.54, 1.807) is 24.7 Å². The molecule has 1 aliphatic heterocycles. The van der Waals surface area contributed by atoms with Gasteiger partial charge in [-0.2, -0.15) is 0 Å². The minimum absolute atomic E-state index is 0.0857. The second-order valence-electron chi connectivity index (χ2n) is 9.59. The van der Waals surface area contributed by atoms with Gasteiger partial charge in [-0.3, -0.25) is 10.0 Å². The first-order chi connectivity index (χ1) is 15.3. The molecule has 3 N–H and O–H groups in total. The number of nitrogens with one attached hydrogen (secondary N) is 2. The zero-order valence-electron chi connectivity index (χ0n) is 18.6. The molecule has 1 heterocycles.